The van der Waals surface area contributed by atoms with Crippen LogP contribution in [0.5, 0.6) is 0 Å². The van der Waals surface area contributed by atoms with E-state index in [1.165, 1.54) is 13.2 Å². The minimum atomic E-state index is 0. The molecule has 0 aliphatic carbocycles. The summed E-state index contributed by atoms with van der Waals surface area (Å²) in [4.78, 5) is 8.68. The summed E-state index contributed by atoms with van der Waals surface area (Å²) in [6, 6.07) is 0. The summed E-state index contributed by atoms with van der Waals surface area (Å²) >= 11 is 0. The zero-order valence-corrected chi connectivity index (χ0v) is 6.65. The van der Waals surface area contributed by atoms with E-state index in [4.69, 9.17) is 4.79 Å². The van der Waals surface area contributed by atoms with Crippen molar-refractivity contribution in [2.45, 2.75) is 6.92 Å². The normalized spacial score (nSPS) is 3.25. The molecule has 0 bridgehead atoms. The van der Waals surface area contributed by atoms with Crippen LogP contribution in [-0.2, 0) is 32.1 Å². The van der Waals surface area contributed by atoms with Crippen LogP contribution in [0.25, 0.3) is 0 Å². The van der Waals surface area contributed by atoms with E-state index >= 15 is 0 Å². The van der Waals surface area contributed by atoms with Gasteiger partial charge in [-0.1, -0.05) is 0 Å². The standard InChI is InChI=1S/C2H3O.Cd/c1-2-3;/h1H3;. The fraction of sp³-hybridized carbons (Fsp3) is 0.500. The van der Waals surface area contributed by atoms with E-state index in [9.17, 15) is 0 Å². The largest absolute Gasteiger partial charge is 0.291 e. The summed E-state index contributed by atoms with van der Waals surface area (Å²) in [5.41, 5.74) is 0. The average Bonchev–Trinajstić information content (AvgIpc) is 0.918. The maximum atomic E-state index is 8.68. The topological polar surface area (TPSA) is 17.1 Å². The van der Waals surface area contributed by atoms with Crippen LogP contribution in [0, 0.1) is 0 Å². The van der Waals surface area contributed by atoms with Gasteiger partial charge in [-0.15, -0.1) is 0 Å². The second-order valence-corrected chi connectivity index (χ2v) is 0.204. The Balaban J connectivity index is 0. The molecule has 0 saturated carbocycles. The van der Waals surface area contributed by atoms with E-state index in [1.807, 2.05) is 0 Å². The molecular formula is C2H3CdO. The SMILES string of the molecule is C[C]=O.[Cd]. The number of hydrogen-bond donors (Lipinski definition) is 0. The van der Waals surface area contributed by atoms with Crippen LogP contribution in [0.3, 0.4) is 0 Å². The van der Waals surface area contributed by atoms with Crippen molar-refractivity contribution in [1.82, 2.24) is 0 Å². The fourth-order valence-electron chi connectivity index (χ4n) is 0. The molecule has 0 fully saturated rings. The first-order valence-electron chi connectivity index (χ1n) is 0.704. The fourth-order valence-corrected chi connectivity index (χ4v) is 0. The third-order valence-electron chi connectivity index (χ3n) is 0. The van der Waals surface area contributed by atoms with Gasteiger partial charge in [-0.05, 0) is 0 Å². The van der Waals surface area contributed by atoms with Crippen molar-refractivity contribution in [3.8, 4) is 0 Å². The number of rotatable bonds is 0. The van der Waals surface area contributed by atoms with Gasteiger partial charge in [-0.3, -0.25) is 4.79 Å². The van der Waals surface area contributed by atoms with Crippen LogP contribution in [0.1, 0.15) is 6.92 Å². The van der Waals surface area contributed by atoms with Gasteiger partial charge in [0.15, 0.2) is 6.29 Å². The first-order valence-corrected chi connectivity index (χ1v) is 0.704. The smallest absolute Gasteiger partial charge is 0.195 e. The Hall–Kier alpha value is 0.592. The van der Waals surface area contributed by atoms with Gasteiger partial charge in [0, 0.05) is 34.2 Å². The minimum absolute atomic E-state index is 0. The van der Waals surface area contributed by atoms with Crippen LogP contribution in [-0.4, -0.2) is 6.29 Å². The van der Waals surface area contributed by atoms with Crippen molar-refractivity contribution in [1.29, 1.82) is 0 Å². The van der Waals surface area contributed by atoms with Crippen LogP contribution in [0.2, 0.25) is 0 Å². The molecule has 1 nitrogen and oxygen atoms in total. The maximum absolute atomic E-state index is 8.68. The van der Waals surface area contributed by atoms with Crippen molar-refractivity contribution < 1.29 is 32.1 Å². The Labute approximate surface area is 45.5 Å². The van der Waals surface area contributed by atoms with Gasteiger partial charge in [0.05, 0.1) is 0 Å². The zero-order valence-electron chi connectivity index (χ0n) is 2.62. The van der Waals surface area contributed by atoms with Gasteiger partial charge in [0.25, 0.3) is 0 Å². The second kappa shape index (κ2) is 9.52. The first-order chi connectivity index (χ1) is 1.41. The summed E-state index contributed by atoms with van der Waals surface area (Å²) in [6.07, 6.45) is 1.50. The molecule has 0 amide bonds. The molecule has 1 radical (unpaired) electrons. The van der Waals surface area contributed by atoms with Crippen LogP contribution < -0.4 is 0 Å². The molecule has 0 heterocycles. The molecule has 2 heteroatoms. The third-order valence-corrected chi connectivity index (χ3v) is 0. The molecule has 0 saturated heterocycles. The summed E-state index contributed by atoms with van der Waals surface area (Å²) < 4.78 is 0. The Morgan fingerprint density at radius 2 is 1.75 bits per heavy atom. The Kier molecular flexibility index (Phi) is 21.0. The first kappa shape index (κ1) is 8.82. The van der Waals surface area contributed by atoms with Crippen molar-refractivity contribution >= 4 is 6.29 Å². The van der Waals surface area contributed by atoms with Gasteiger partial charge >= 0.3 is 0 Å². The van der Waals surface area contributed by atoms with Gasteiger partial charge < -0.3 is 0 Å². The molecule has 0 aliphatic rings. The zero-order chi connectivity index (χ0) is 2.71. The molecular weight excluding hydrogens is 152 g/mol. The molecule has 4 heavy (non-hydrogen) atoms. The maximum Gasteiger partial charge on any atom is 0.195 e. The van der Waals surface area contributed by atoms with E-state index in [0.717, 1.165) is 0 Å². The molecule has 19 valence electrons. The minimum Gasteiger partial charge on any atom is -0.291 e. The summed E-state index contributed by atoms with van der Waals surface area (Å²) in [6.45, 7) is 1.32. The van der Waals surface area contributed by atoms with Crippen molar-refractivity contribution in [3.63, 3.8) is 0 Å². The van der Waals surface area contributed by atoms with Crippen molar-refractivity contribution in [2.75, 3.05) is 0 Å². The molecule has 0 aromatic heterocycles. The quantitative estimate of drug-likeness (QED) is 0.454. The summed E-state index contributed by atoms with van der Waals surface area (Å²) in [5.74, 6) is 0. The van der Waals surface area contributed by atoms with Crippen LogP contribution in [0.4, 0.5) is 0 Å². The monoisotopic (exact) mass is 157 g/mol. The third kappa shape index (κ3) is 18.7. The summed E-state index contributed by atoms with van der Waals surface area (Å²) in [5, 5.41) is 0. The Morgan fingerprint density at radius 3 is 1.75 bits per heavy atom. The predicted octanol–water partition coefficient (Wildman–Crippen LogP) is 0.113. The Morgan fingerprint density at radius 1 is 1.75 bits per heavy atom. The average molecular weight is 155 g/mol. The van der Waals surface area contributed by atoms with Gasteiger partial charge in [-0.2, -0.15) is 0 Å². The van der Waals surface area contributed by atoms with E-state index in [0.29, 0.717) is 0 Å². The van der Waals surface area contributed by atoms with Gasteiger partial charge in [0.1, 0.15) is 0 Å². The number of hydrogen-bond acceptors (Lipinski definition) is 1. The van der Waals surface area contributed by atoms with E-state index in [1.54, 1.807) is 0 Å². The molecule has 0 unspecified atom stereocenters. The molecule has 0 rings (SSSR count). The molecule has 0 aliphatic heterocycles. The molecule has 0 aromatic carbocycles. The van der Waals surface area contributed by atoms with E-state index in [2.05, 4.69) is 0 Å². The van der Waals surface area contributed by atoms with E-state index in [-0.39, 0.29) is 27.3 Å². The van der Waals surface area contributed by atoms with Crippen molar-refractivity contribution in [3.05, 3.63) is 0 Å². The summed E-state index contributed by atoms with van der Waals surface area (Å²) in [7, 11) is 0. The predicted molar refractivity (Wildman–Crippen MR) is 11.4 cm³/mol. The Bertz CT molecular complexity index is 13.5. The van der Waals surface area contributed by atoms with Crippen LogP contribution >= 0.6 is 0 Å². The van der Waals surface area contributed by atoms with Gasteiger partial charge in [0.2, 0.25) is 0 Å². The van der Waals surface area contributed by atoms with Crippen LogP contribution in [0.15, 0.2) is 0 Å². The van der Waals surface area contributed by atoms with E-state index < -0.39 is 0 Å². The van der Waals surface area contributed by atoms with Crippen molar-refractivity contribution in [2.24, 2.45) is 0 Å². The second-order valence-electron chi connectivity index (χ2n) is 0.204. The molecule has 0 N–H and O–H groups in total. The van der Waals surface area contributed by atoms with Gasteiger partial charge in [-0.25, -0.2) is 0 Å². The number of carbonyl (C=O) groups excluding carboxylic acids is 1. The molecule has 0 spiro atoms. The molecule has 0 aromatic rings. The molecule has 0 atom stereocenters.